The topological polar surface area (TPSA) is 52.7 Å². The lowest BCUT2D eigenvalue weighted by Crippen LogP contribution is -2.47. The van der Waals surface area contributed by atoms with Crippen LogP contribution in [-0.2, 0) is 6.54 Å². The van der Waals surface area contributed by atoms with Crippen LogP contribution in [-0.4, -0.2) is 49.3 Å². The summed E-state index contributed by atoms with van der Waals surface area (Å²) in [5.41, 5.74) is 8.22. The van der Waals surface area contributed by atoms with E-state index in [1.165, 1.54) is 11.3 Å². The summed E-state index contributed by atoms with van der Waals surface area (Å²) in [5, 5.41) is 8.94. The van der Waals surface area contributed by atoms with Crippen LogP contribution in [0.3, 0.4) is 0 Å². The second kappa shape index (κ2) is 6.52. The zero-order chi connectivity index (χ0) is 13.0. The first-order valence-electron chi connectivity index (χ1n) is 6.31. The van der Waals surface area contributed by atoms with Crippen molar-refractivity contribution in [1.29, 1.82) is 0 Å². The van der Waals surface area contributed by atoms with Crippen LogP contribution in [0.25, 0.3) is 0 Å². The monoisotopic (exact) mass is 313 g/mol. The lowest BCUT2D eigenvalue weighted by molar-refractivity contribution is 0.188. The molecule has 2 rings (SSSR count). The van der Waals surface area contributed by atoms with Gasteiger partial charge in [-0.1, -0.05) is 22.0 Å². The molecule has 3 N–H and O–H groups in total. The number of nitrogens with zero attached hydrogens (tertiary/aromatic N) is 2. The number of nitrogens with two attached hydrogens (primary N) is 1. The number of piperazine rings is 1. The Hall–Kier alpha value is -0.620. The van der Waals surface area contributed by atoms with Crippen molar-refractivity contribution in [2.75, 3.05) is 44.2 Å². The maximum Gasteiger partial charge on any atom is 0.0558 e. The fourth-order valence-corrected chi connectivity index (χ4v) is 2.71. The molecule has 0 bridgehead atoms. The number of aliphatic hydroxyl groups excluding tert-OH is 1. The Labute approximate surface area is 117 Å². The second-order valence-electron chi connectivity index (χ2n) is 4.53. The van der Waals surface area contributed by atoms with Gasteiger partial charge in [0.15, 0.2) is 0 Å². The Morgan fingerprint density at radius 2 is 1.94 bits per heavy atom. The van der Waals surface area contributed by atoms with Gasteiger partial charge in [0.25, 0.3) is 0 Å². The largest absolute Gasteiger partial charge is 0.395 e. The predicted molar refractivity (Wildman–Crippen MR) is 77.8 cm³/mol. The highest BCUT2D eigenvalue weighted by molar-refractivity contribution is 9.10. The van der Waals surface area contributed by atoms with E-state index in [0.717, 1.165) is 37.2 Å². The smallest absolute Gasteiger partial charge is 0.0558 e. The fourth-order valence-electron chi connectivity index (χ4n) is 2.36. The third-order valence-corrected chi connectivity index (χ3v) is 3.89. The molecule has 100 valence electrons. The molecular weight excluding hydrogens is 294 g/mol. The van der Waals surface area contributed by atoms with Gasteiger partial charge in [-0.3, -0.25) is 4.90 Å². The highest BCUT2D eigenvalue weighted by Gasteiger charge is 2.18. The van der Waals surface area contributed by atoms with Crippen LogP contribution in [0, 0.1) is 0 Å². The van der Waals surface area contributed by atoms with Crippen molar-refractivity contribution in [3.8, 4) is 0 Å². The first-order chi connectivity index (χ1) is 8.74. The normalized spacial score (nSPS) is 17.2. The van der Waals surface area contributed by atoms with Gasteiger partial charge in [0.2, 0.25) is 0 Å². The summed E-state index contributed by atoms with van der Waals surface area (Å²) in [6.45, 7) is 5.56. The summed E-state index contributed by atoms with van der Waals surface area (Å²) in [4.78, 5) is 4.66. The van der Waals surface area contributed by atoms with Crippen molar-refractivity contribution < 1.29 is 5.11 Å². The molecule has 0 saturated carbocycles. The number of aliphatic hydroxyl groups is 1. The molecule has 0 atom stereocenters. The summed E-state index contributed by atoms with van der Waals surface area (Å²) in [7, 11) is 0. The fraction of sp³-hybridized carbons (Fsp3) is 0.538. The Kier molecular flexibility index (Phi) is 5.00. The van der Waals surface area contributed by atoms with E-state index in [-0.39, 0.29) is 6.61 Å². The molecule has 4 nitrogen and oxygen atoms in total. The van der Waals surface area contributed by atoms with E-state index in [1.807, 2.05) is 6.07 Å². The minimum atomic E-state index is 0.241. The molecule has 0 aromatic heterocycles. The van der Waals surface area contributed by atoms with Crippen molar-refractivity contribution in [1.82, 2.24) is 4.90 Å². The van der Waals surface area contributed by atoms with E-state index in [2.05, 4.69) is 37.9 Å². The Balaban J connectivity index is 2.06. The third-order valence-electron chi connectivity index (χ3n) is 3.40. The molecule has 1 saturated heterocycles. The molecule has 1 aliphatic heterocycles. The molecule has 1 heterocycles. The second-order valence-corrected chi connectivity index (χ2v) is 5.45. The minimum absolute atomic E-state index is 0.241. The Morgan fingerprint density at radius 3 is 2.56 bits per heavy atom. The van der Waals surface area contributed by atoms with E-state index >= 15 is 0 Å². The molecule has 1 aliphatic rings. The molecule has 1 fully saturated rings. The van der Waals surface area contributed by atoms with Crippen molar-refractivity contribution in [3.05, 3.63) is 28.2 Å². The molecule has 0 aliphatic carbocycles. The summed E-state index contributed by atoms with van der Waals surface area (Å²) in [6.07, 6.45) is 0. The van der Waals surface area contributed by atoms with Crippen LogP contribution in [0.15, 0.2) is 22.7 Å². The maximum absolute atomic E-state index is 8.94. The van der Waals surface area contributed by atoms with E-state index in [0.29, 0.717) is 6.54 Å². The highest BCUT2D eigenvalue weighted by atomic mass is 79.9. The molecule has 0 amide bonds. The predicted octanol–water partition coefficient (Wildman–Crippen LogP) is 1.02. The van der Waals surface area contributed by atoms with Gasteiger partial charge in [0.05, 0.1) is 6.61 Å². The van der Waals surface area contributed by atoms with E-state index < -0.39 is 0 Å². The maximum atomic E-state index is 8.94. The van der Waals surface area contributed by atoms with Crippen LogP contribution >= 0.6 is 15.9 Å². The molecule has 18 heavy (non-hydrogen) atoms. The zero-order valence-corrected chi connectivity index (χ0v) is 12.1. The van der Waals surface area contributed by atoms with E-state index in [9.17, 15) is 0 Å². The van der Waals surface area contributed by atoms with Crippen LogP contribution in [0.5, 0.6) is 0 Å². The third kappa shape index (κ3) is 3.23. The SMILES string of the molecule is NCc1ccc(Br)cc1N1CCN(CCO)CC1. The van der Waals surface area contributed by atoms with Crippen molar-refractivity contribution >= 4 is 21.6 Å². The summed E-state index contributed by atoms with van der Waals surface area (Å²) < 4.78 is 1.09. The van der Waals surface area contributed by atoms with Gasteiger partial charge in [0, 0.05) is 49.4 Å². The number of β-amino-alcohol motifs (C(OH)–C–C–N with tert-alkyl or cyclic N) is 1. The highest BCUT2D eigenvalue weighted by Crippen LogP contribution is 2.25. The average molecular weight is 314 g/mol. The van der Waals surface area contributed by atoms with Crippen molar-refractivity contribution in [2.45, 2.75) is 6.54 Å². The number of halogens is 1. The van der Waals surface area contributed by atoms with Gasteiger partial charge in [-0.15, -0.1) is 0 Å². The van der Waals surface area contributed by atoms with Gasteiger partial charge in [-0.25, -0.2) is 0 Å². The van der Waals surface area contributed by atoms with Crippen LogP contribution in [0.4, 0.5) is 5.69 Å². The van der Waals surface area contributed by atoms with Gasteiger partial charge < -0.3 is 15.7 Å². The standard InChI is InChI=1S/C13H20BrN3O/c14-12-2-1-11(10-15)13(9-12)17-5-3-16(4-6-17)7-8-18/h1-2,9,18H,3-8,10,15H2. The lowest BCUT2D eigenvalue weighted by Gasteiger charge is -2.36. The van der Waals surface area contributed by atoms with E-state index in [1.54, 1.807) is 0 Å². The van der Waals surface area contributed by atoms with Gasteiger partial charge in [0.1, 0.15) is 0 Å². The molecule has 0 unspecified atom stereocenters. The van der Waals surface area contributed by atoms with Crippen LogP contribution < -0.4 is 10.6 Å². The van der Waals surface area contributed by atoms with E-state index in [4.69, 9.17) is 10.8 Å². The lowest BCUT2D eigenvalue weighted by atomic mass is 10.1. The number of anilines is 1. The molecule has 1 aromatic rings. The van der Waals surface area contributed by atoms with Gasteiger partial charge >= 0.3 is 0 Å². The molecule has 0 spiro atoms. The average Bonchev–Trinajstić information content (AvgIpc) is 2.40. The molecular formula is C13H20BrN3O. The summed E-state index contributed by atoms with van der Waals surface area (Å²) in [5.74, 6) is 0. The number of rotatable bonds is 4. The number of hydrogen-bond donors (Lipinski definition) is 2. The van der Waals surface area contributed by atoms with Gasteiger partial charge in [-0.05, 0) is 17.7 Å². The summed E-state index contributed by atoms with van der Waals surface area (Å²) in [6, 6.07) is 6.26. The first-order valence-corrected chi connectivity index (χ1v) is 7.10. The molecule has 1 aromatic carbocycles. The number of hydrogen-bond acceptors (Lipinski definition) is 4. The Morgan fingerprint density at radius 1 is 1.22 bits per heavy atom. The van der Waals surface area contributed by atoms with Crippen LogP contribution in [0.1, 0.15) is 5.56 Å². The zero-order valence-electron chi connectivity index (χ0n) is 10.5. The first kappa shape index (κ1) is 13.8. The van der Waals surface area contributed by atoms with Gasteiger partial charge in [-0.2, -0.15) is 0 Å². The molecule has 5 heteroatoms. The Bertz CT molecular complexity index is 392. The number of benzene rings is 1. The van der Waals surface area contributed by atoms with Crippen LogP contribution in [0.2, 0.25) is 0 Å². The van der Waals surface area contributed by atoms with Crippen molar-refractivity contribution in [3.63, 3.8) is 0 Å². The quantitative estimate of drug-likeness (QED) is 0.871. The summed E-state index contributed by atoms with van der Waals surface area (Å²) >= 11 is 3.52. The van der Waals surface area contributed by atoms with Crippen molar-refractivity contribution in [2.24, 2.45) is 5.73 Å². The molecule has 0 radical (unpaired) electrons. The minimum Gasteiger partial charge on any atom is -0.395 e.